The number of aryl methyl sites for hydroxylation is 2. The number of piperidine rings is 1. The van der Waals surface area contributed by atoms with Crippen molar-refractivity contribution in [2.45, 2.75) is 78.7 Å². The monoisotopic (exact) mass is 439 g/mol. The second-order valence-electron chi connectivity index (χ2n) is 7.86. The highest BCUT2D eigenvalue weighted by atomic mass is 32.1. The first-order valence-corrected chi connectivity index (χ1v) is 12.9. The number of hydrogen-bond acceptors (Lipinski definition) is 4. The van der Waals surface area contributed by atoms with Gasteiger partial charge in [-0.05, 0) is 68.7 Å². The van der Waals surface area contributed by atoms with Gasteiger partial charge in [0.1, 0.15) is 10.7 Å². The topological polar surface area (TPSA) is 49.0 Å². The summed E-state index contributed by atoms with van der Waals surface area (Å²) in [7, 11) is 0. The highest BCUT2D eigenvalue weighted by Gasteiger charge is 2.23. The number of H-pyrrole nitrogens is 1. The van der Waals surface area contributed by atoms with Crippen molar-refractivity contribution < 1.29 is 0 Å². The van der Waals surface area contributed by atoms with Crippen molar-refractivity contribution in [2.24, 2.45) is 0 Å². The molecule has 1 fully saturated rings. The maximum Gasteiger partial charge on any atom is 0.259 e. The van der Waals surface area contributed by atoms with Gasteiger partial charge in [-0.15, -0.1) is 11.3 Å². The van der Waals surface area contributed by atoms with E-state index >= 15 is 0 Å². The molecule has 0 bridgehead atoms. The fourth-order valence-corrected chi connectivity index (χ4v) is 5.93. The highest BCUT2D eigenvalue weighted by molar-refractivity contribution is 7.18. The van der Waals surface area contributed by atoms with Crippen LogP contribution in [-0.2, 0) is 19.4 Å². The van der Waals surface area contributed by atoms with Crippen LogP contribution in [0.25, 0.3) is 10.2 Å². The molecule has 168 valence electrons. The predicted molar refractivity (Wildman–Crippen MR) is 133 cm³/mol. The fraction of sp³-hybridized carbons (Fsp3) is 0.538. The Bertz CT molecular complexity index is 1000. The number of nitrogens with one attached hydrogen (secondary N) is 1. The summed E-state index contributed by atoms with van der Waals surface area (Å²) in [6.45, 7) is 10.9. The molecule has 4 nitrogen and oxygen atoms in total. The Balaban J connectivity index is 0.000000645. The Kier molecular flexibility index (Phi) is 8.85. The zero-order valence-corrected chi connectivity index (χ0v) is 20.4. The summed E-state index contributed by atoms with van der Waals surface area (Å²) in [6, 6.07) is 10.8. The molecule has 1 aliphatic heterocycles. The van der Waals surface area contributed by atoms with Crippen LogP contribution in [0, 0.1) is 0 Å². The molecule has 2 aliphatic rings. The van der Waals surface area contributed by atoms with E-state index in [0.717, 1.165) is 48.5 Å². The van der Waals surface area contributed by atoms with Gasteiger partial charge in [-0.3, -0.25) is 9.69 Å². The Hall–Kier alpha value is -1.98. The first-order valence-electron chi connectivity index (χ1n) is 12.1. The van der Waals surface area contributed by atoms with Crippen LogP contribution in [0.1, 0.15) is 81.1 Å². The maximum absolute atomic E-state index is 12.7. The Morgan fingerprint density at radius 1 is 1.03 bits per heavy atom. The van der Waals surface area contributed by atoms with Crippen LogP contribution in [0.3, 0.4) is 0 Å². The van der Waals surface area contributed by atoms with Crippen molar-refractivity contribution in [3.63, 3.8) is 0 Å². The molecular weight excluding hydrogens is 402 g/mol. The third kappa shape index (κ3) is 5.45. The van der Waals surface area contributed by atoms with Gasteiger partial charge in [0.15, 0.2) is 0 Å². The molecule has 1 N–H and O–H groups in total. The molecule has 1 aliphatic carbocycles. The minimum atomic E-state index is 0.0635. The zero-order chi connectivity index (χ0) is 22.2. The number of aromatic nitrogens is 2. The lowest BCUT2D eigenvalue weighted by atomic mass is 9.89. The number of rotatable bonds is 3. The minimum Gasteiger partial charge on any atom is -0.309 e. The molecular formula is C26H37N3OS. The number of aromatic amines is 1. The van der Waals surface area contributed by atoms with E-state index in [1.54, 1.807) is 11.3 Å². The quantitative estimate of drug-likeness (QED) is 0.521. The summed E-state index contributed by atoms with van der Waals surface area (Å²) in [5.41, 5.74) is 2.79. The molecule has 0 unspecified atom stereocenters. The van der Waals surface area contributed by atoms with Gasteiger partial charge in [0.25, 0.3) is 5.56 Å². The highest BCUT2D eigenvalue weighted by Crippen LogP contribution is 2.34. The van der Waals surface area contributed by atoms with Gasteiger partial charge in [0.05, 0.1) is 11.9 Å². The first-order chi connectivity index (χ1) is 15.3. The van der Waals surface area contributed by atoms with Gasteiger partial charge in [-0.2, -0.15) is 0 Å². The SMILES string of the molecule is CC.CC.O=c1[nH]c(CN2CCC(c3ccccc3)CC2)nc2sc3c(c12)CCCC3. The van der Waals surface area contributed by atoms with E-state index < -0.39 is 0 Å². The number of hydrogen-bond donors (Lipinski definition) is 1. The average Bonchev–Trinajstić information content (AvgIpc) is 3.22. The summed E-state index contributed by atoms with van der Waals surface area (Å²) in [5.74, 6) is 1.48. The van der Waals surface area contributed by atoms with Crippen molar-refractivity contribution >= 4 is 21.6 Å². The van der Waals surface area contributed by atoms with Gasteiger partial charge < -0.3 is 4.98 Å². The number of thiophene rings is 1. The molecule has 0 radical (unpaired) electrons. The summed E-state index contributed by atoms with van der Waals surface area (Å²) < 4.78 is 0. The van der Waals surface area contributed by atoms with Gasteiger partial charge in [0.2, 0.25) is 0 Å². The molecule has 2 aromatic heterocycles. The van der Waals surface area contributed by atoms with Crippen LogP contribution in [0.15, 0.2) is 35.1 Å². The Morgan fingerprint density at radius 3 is 2.42 bits per heavy atom. The van der Waals surface area contributed by atoms with Crippen molar-refractivity contribution in [3.05, 3.63) is 62.5 Å². The minimum absolute atomic E-state index is 0.0635. The standard InChI is InChI=1S/C22H25N3OS.2C2H6/c26-21-20-17-8-4-5-9-18(17)27-22(20)24-19(23-21)14-25-12-10-16(11-13-25)15-6-2-1-3-7-15;2*1-2/h1-3,6-7,16H,4-5,8-14H2,(H,23,24,26);2*1-2H3. The number of benzene rings is 1. The van der Waals surface area contributed by atoms with E-state index in [1.165, 1.54) is 41.7 Å². The number of fused-ring (bicyclic) bond motifs is 3. The summed E-state index contributed by atoms with van der Waals surface area (Å²) in [6.07, 6.45) is 6.91. The Morgan fingerprint density at radius 2 is 1.71 bits per heavy atom. The molecule has 0 atom stereocenters. The predicted octanol–water partition coefficient (Wildman–Crippen LogP) is 6.30. The van der Waals surface area contributed by atoms with Crippen LogP contribution in [-0.4, -0.2) is 28.0 Å². The van der Waals surface area contributed by atoms with Crippen molar-refractivity contribution in [2.75, 3.05) is 13.1 Å². The smallest absolute Gasteiger partial charge is 0.259 e. The lowest BCUT2D eigenvalue weighted by Crippen LogP contribution is -2.33. The van der Waals surface area contributed by atoms with Crippen LogP contribution < -0.4 is 5.56 Å². The number of nitrogens with zero attached hydrogens (tertiary/aromatic N) is 2. The average molecular weight is 440 g/mol. The van der Waals surface area contributed by atoms with Crippen molar-refractivity contribution in [1.29, 1.82) is 0 Å². The molecule has 5 rings (SSSR count). The second-order valence-corrected chi connectivity index (χ2v) is 8.95. The first kappa shape index (κ1) is 23.7. The molecule has 1 saturated heterocycles. The second kappa shape index (κ2) is 11.6. The molecule has 31 heavy (non-hydrogen) atoms. The van der Waals surface area contributed by atoms with E-state index in [0.29, 0.717) is 5.92 Å². The lowest BCUT2D eigenvalue weighted by molar-refractivity contribution is 0.200. The lowest BCUT2D eigenvalue weighted by Gasteiger charge is -2.31. The van der Waals surface area contributed by atoms with Crippen molar-refractivity contribution in [3.8, 4) is 0 Å². The van der Waals surface area contributed by atoms with Crippen LogP contribution in [0.4, 0.5) is 0 Å². The van der Waals surface area contributed by atoms with E-state index in [1.807, 2.05) is 27.7 Å². The normalized spacial score (nSPS) is 16.6. The third-order valence-corrected chi connectivity index (χ3v) is 7.29. The van der Waals surface area contributed by atoms with Gasteiger partial charge >= 0.3 is 0 Å². The molecule has 5 heteroatoms. The number of likely N-dealkylation sites (tertiary alicyclic amines) is 1. The molecule has 0 amide bonds. The van der Waals surface area contributed by atoms with E-state index in [-0.39, 0.29) is 5.56 Å². The van der Waals surface area contributed by atoms with E-state index in [2.05, 4.69) is 40.2 Å². The third-order valence-electron chi connectivity index (χ3n) is 6.11. The Labute approximate surface area is 190 Å². The maximum atomic E-state index is 12.7. The summed E-state index contributed by atoms with van der Waals surface area (Å²) in [5, 5.41) is 0.862. The summed E-state index contributed by atoms with van der Waals surface area (Å²) in [4.78, 5) is 25.4. The van der Waals surface area contributed by atoms with Crippen LogP contribution >= 0.6 is 11.3 Å². The molecule has 3 aromatic rings. The molecule has 0 spiro atoms. The van der Waals surface area contributed by atoms with Gasteiger partial charge in [0, 0.05) is 4.88 Å². The van der Waals surface area contributed by atoms with Crippen LogP contribution in [0.2, 0.25) is 0 Å². The van der Waals surface area contributed by atoms with Gasteiger partial charge in [-0.1, -0.05) is 58.0 Å². The van der Waals surface area contributed by atoms with Gasteiger partial charge in [-0.25, -0.2) is 4.98 Å². The van der Waals surface area contributed by atoms with E-state index in [9.17, 15) is 4.79 Å². The fourth-order valence-electron chi connectivity index (χ4n) is 4.64. The van der Waals surface area contributed by atoms with Crippen LogP contribution in [0.5, 0.6) is 0 Å². The molecule has 1 aromatic carbocycles. The summed E-state index contributed by atoms with van der Waals surface area (Å²) >= 11 is 1.74. The van der Waals surface area contributed by atoms with Crippen molar-refractivity contribution in [1.82, 2.24) is 14.9 Å². The van der Waals surface area contributed by atoms with E-state index in [4.69, 9.17) is 4.98 Å². The molecule has 3 heterocycles. The largest absolute Gasteiger partial charge is 0.309 e. The molecule has 0 saturated carbocycles. The zero-order valence-electron chi connectivity index (χ0n) is 19.5.